The highest BCUT2D eigenvalue weighted by Gasteiger charge is 2.24. The van der Waals surface area contributed by atoms with Crippen molar-refractivity contribution < 1.29 is 22.5 Å². The number of benzene rings is 1. The van der Waals surface area contributed by atoms with Crippen molar-refractivity contribution in [3.8, 4) is 11.4 Å². The molecule has 1 aliphatic rings. The SMILES string of the molecule is C[C@@H]1CN(c2nccc(-c3ccc4cnc(CNC(=O)c5cccc([S@@](=O)C(F)F)c5)cc4n3)n2)C[C@H](C)O1. The van der Waals surface area contributed by atoms with Crippen LogP contribution in [0.4, 0.5) is 14.7 Å². The van der Waals surface area contributed by atoms with E-state index in [9.17, 15) is 17.8 Å². The molecule has 4 heterocycles. The fourth-order valence-electron chi connectivity index (χ4n) is 4.42. The van der Waals surface area contributed by atoms with Gasteiger partial charge in [0.25, 0.3) is 5.91 Å². The van der Waals surface area contributed by atoms with Crippen molar-refractivity contribution in [1.82, 2.24) is 25.3 Å². The Morgan fingerprint density at radius 3 is 2.62 bits per heavy atom. The van der Waals surface area contributed by atoms with Crippen molar-refractivity contribution in [2.45, 2.75) is 43.3 Å². The van der Waals surface area contributed by atoms with Crippen LogP contribution in [-0.2, 0) is 22.1 Å². The predicted octanol–water partition coefficient (Wildman–Crippen LogP) is 3.96. The first-order chi connectivity index (χ1) is 18.8. The quantitative estimate of drug-likeness (QED) is 0.367. The highest BCUT2D eigenvalue weighted by molar-refractivity contribution is 7.85. The Kier molecular flexibility index (Phi) is 7.84. The number of alkyl halides is 2. The van der Waals surface area contributed by atoms with Crippen molar-refractivity contribution in [3.63, 3.8) is 0 Å². The summed E-state index contributed by atoms with van der Waals surface area (Å²) < 4.78 is 43.1. The minimum atomic E-state index is -3.02. The van der Waals surface area contributed by atoms with E-state index >= 15 is 0 Å². The van der Waals surface area contributed by atoms with E-state index in [0.29, 0.717) is 41.6 Å². The molecule has 1 aliphatic heterocycles. The Balaban J connectivity index is 1.32. The summed E-state index contributed by atoms with van der Waals surface area (Å²) in [6.45, 7) is 5.55. The van der Waals surface area contributed by atoms with Gasteiger partial charge in [0.15, 0.2) is 0 Å². The monoisotopic (exact) mass is 552 g/mol. The molecule has 4 aromatic rings. The standard InChI is InChI=1S/C27H26F2N6O3S/c1-16-14-35(15-17(2)38-16)27-30-9-8-23(34-27)22-7-6-19-12-31-20(11-24(19)33-22)13-32-25(36)18-4-3-5-21(10-18)39(37)26(28)29/h3-12,16-17,26H,13-15H2,1-2H3,(H,32,36)/t16-,17+,39-/m1/s1. The Labute approximate surface area is 226 Å². The molecule has 0 unspecified atom stereocenters. The number of carbonyl (C=O) groups excluding carboxylic acids is 1. The van der Waals surface area contributed by atoms with Crippen LogP contribution in [0.2, 0.25) is 0 Å². The average Bonchev–Trinajstić information content (AvgIpc) is 2.94. The molecule has 5 rings (SSSR count). The second kappa shape index (κ2) is 11.5. The van der Waals surface area contributed by atoms with Crippen LogP contribution >= 0.6 is 0 Å². The Bertz CT molecular complexity index is 1530. The summed E-state index contributed by atoms with van der Waals surface area (Å²) in [6.07, 6.45) is 3.55. The number of morpholine rings is 1. The minimum absolute atomic E-state index is 0.0803. The highest BCUT2D eigenvalue weighted by atomic mass is 32.2. The van der Waals surface area contributed by atoms with Gasteiger partial charge in [-0.1, -0.05) is 6.07 Å². The molecule has 3 atom stereocenters. The van der Waals surface area contributed by atoms with Gasteiger partial charge in [-0.15, -0.1) is 0 Å². The van der Waals surface area contributed by atoms with Gasteiger partial charge in [0, 0.05) is 41.3 Å². The van der Waals surface area contributed by atoms with E-state index in [1.807, 2.05) is 32.0 Å². The third-order valence-corrected chi connectivity index (χ3v) is 7.20. The number of hydrogen-bond donors (Lipinski definition) is 1. The van der Waals surface area contributed by atoms with Crippen molar-refractivity contribution in [2.24, 2.45) is 0 Å². The number of fused-ring (bicyclic) bond motifs is 1. The number of rotatable bonds is 7. The zero-order chi connectivity index (χ0) is 27.5. The summed E-state index contributed by atoms with van der Waals surface area (Å²) >= 11 is 0. The molecule has 1 fully saturated rings. The molecule has 9 nitrogen and oxygen atoms in total. The average molecular weight is 553 g/mol. The van der Waals surface area contributed by atoms with Crippen LogP contribution in [0.1, 0.15) is 29.9 Å². The summed E-state index contributed by atoms with van der Waals surface area (Å²) in [4.78, 5) is 32.9. The Morgan fingerprint density at radius 2 is 1.85 bits per heavy atom. The number of carbonyl (C=O) groups is 1. The van der Waals surface area contributed by atoms with Crippen LogP contribution in [0.15, 0.2) is 65.8 Å². The smallest absolute Gasteiger partial charge is 0.316 e. The second-order valence-electron chi connectivity index (χ2n) is 9.24. The maximum Gasteiger partial charge on any atom is 0.316 e. The van der Waals surface area contributed by atoms with Crippen LogP contribution < -0.4 is 10.2 Å². The molecule has 202 valence electrons. The van der Waals surface area contributed by atoms with Crippen LogP contribution in [-0.4, -0.2) is 61.1 Å². The first-order valence-corrected chi connectivity index (χ1v) is 13.5. The van der Waals surface area contributed by atoms with Gasteiger partial charge in [-0.25, -0.2) is 19.2 Å². The largest absolute Gasteiger partial charge is 0.372 e. The molecule has 0 spiro atoms. The molecule has 3 aromatic heterocycles. The molecule has 1 saturated heterocycles. The third kappa shape index (κ3) is 6.23. The summed E-state index contributed by atoms with van der Waals surface area (Å²) in [5, 5.41) is 3.54. The number of aromatic nitrogens is 4. The van der Waals surface area contributed by atoms with Gasteiger partial charge in [-0.3, -0.25) is 9.78 Å². The molecule has 0 bridgehead atoms. The lowest BCUT2D eigenvalue weighted by Crippen LogP contribution is -2.46. The predicted molar refractivity (Wildman–Crippen MR) is 143 cm³/mol. The molecule has 1 aromatic carbocycles. The summed E-state index contributed by atoms with van der Waals surface area (Å²) in [5.74, 6) is -2.90. The van der Waals surface area contributed by atoms with Gasteiger partial charge in [-0.2, -0.15) is 8.78 Å². The number of nitrogens with one attached hydrogen (secondary N) is 1. The minimum Gasteiger partial charge on any atom is -0.372 e. The second-order valence-corrected chi connectivity index (χ2v) is 10.7. The van der Waals surface area contributed by atoms with E-state index in [-0.39, 0.29) is 29.2 Å². The van der Waals surface area contributed by atoms with Gasteiger partial charge >= 0.3 is 5.76 Å². The number of ether oxygens (including phenoxy) is 1. The molecule has 12 heteroatoms. The number of pyridine rings is 2. The van der Waals surface area contributed by atoms with E-state index in [1.165, 1.54) is 24.3 Å². The molecular weight excluding hydrogens is 526 g/mol. The first kappa shape index (κ1) is 26.7. The van der Waals surface area contributed by atoms with Crippen molar-refractivity contribution in [2.75, 3.05) is 18.0 Å². The first-order valence-electron chi connectivity index (χ1n) is 12.3. The van der Waals surface area contributed by atoms with Crippen molar-refractivity contribution >= 4 is 33.6 Å². The van der Waals surface area contributed by atoms with Crippen LogP contribution in [0, 0.1) is 0 Å². The van der Waals surface area contributed by atoms with Gasteiger partial charge in [0.2, 0.25) is 5.95 Å². The zero-order valence-electron chi connectivity index (χ0n) is 21.3. The third-order valence-electron chi connectivity index (χ3n) is 6.16. The topological polar surface area (TPSA) is 110 Å². The zero-order valence-corrected chi connectivity index (χ0v) is 22.1. The Hall–Kier alpha value is -3.90. The van der Waals surface area contributed by atoms with E-state index in [1.54, 1.807) is 18.5 Å². The maximum atomic E-state index is 12.8. The summed E-state index contributed by atoms with van der Waals surface area (Å²) in [6, 6.07) is 12.8. The van der Waals surface area contributed by atoms with Crippen LogP contribution in [0.25, 0.3) is 22.3 Å². The maximum absolute atomic E-state index is 12.8. The van der Waals surface area contributed by atoms with Crippen molar-refractivity contribution in [3.05, 3.63) is 72.2 Å². The molecule has 0 aliphatic carbocycles. The fraction of sp³-hybridized carbons (Fsp3) is 0.296. The molecule has 0 radical (unpaired) electrons. The molecule has 1 amide bonds. The molecular formula is C27H26F2N6O3S. The van der Waals surface area contributed by atoms with E-state index < -0.39 is 22.5 Å². The number of hydrogen-bond acceptors (Lipinski definition) is 8. The fourth-order valence-corrected chi connectivity index (χ4v) is 5.08. The van der Waals surface area contributed by atoms with Gasteiger partial charge < -0.3 is 15.0 Å². The highest BCUT2D eigenvalue weighted by Crippen LogP contribution is 2.23. The van der Waals surface area contributed by atoms with Gasteiger partial charge in [0.05, 0.1) is 41.4 Å². The van der Waals surface area contributed by atoms with Crippen LogP contribution in [0.5, 0.6) is 0 Å². The lowest BCUT2D eigenvalue weighted by atomic mass is 10.2. The molecule has 0 saturated carbocycles. The lowest BCUT2D eigenvalue weighted by molar-refractivity contribution is -0.00571. The van der Waals surface area contributed by atoms with Crippen LogP contribution in [0.3, 0.4) is 0 Å². The molecule has 1 N–H and O–H groups in total. The number of nitrogens with zero attached hydrogens (tertiary/aromatic N) is 5. The number of amides is 1. The van der Waals surface area contributed by atoms with Crippen molar-refractivity contribution in [1.29, 1.82) is 0 Å². The normalized spacial score (nSPS) is 18.3. The summed E-state index contributed by atoms with van der Waals surface area (Å²) in [5.41, 5.74) is 2.72. The summed E-state index contributed by atoms with van der Waals surface area (Å²) in [7, 11) is -2.49. The van der Waals surface area contributed by atoms with E-state index in [0.717, 1.165) is 5.39 Å². The lowest BCUT2D eigenvalue weighted by Gasteiger charge is -2.35. The van der Waals surface area contributed by atoms with E-state index in [2.05, 4.69) is 20.2 Å². The van der Waals surface area contributed by atoms with Gasteiger partial charge in [-0.05, 0) is 56.3 Å². The molecule has 39 heavy (non-hydrogen) atoms. The number of anilines is 1. The Morgan fingerprint density at radius 1 is 1.08 bits per heavy atom. The number of halogens is 2. The van der Waals surface area contributed by atoms with E-state index in [4.69, 9.17) is 14.7 Å². The van der Waals surface area contributed by atoms with Gasteiger partial charge in [0.1, 0.15) is 10.8 Å².